The Morgan fingerprint density at radius 1 is 1.32 bits per heavy atom. The standard InChI is InChI=1S/C20H32N6O.HI/c1-15-6-4-11-26(13-15)20(22-2)24-12-16-7-3-9-23-19(16)25-10-5-8-17(14-25)18(21)27;/h3,7,9,15,17H,4-6,8,10-14H2,1-2H3,(H2,21,27)(H,22,24);1H. The number of halogens is 1. The summed E-state index contributed by atoms with van der Waals surface area (Å²) in [5.74, 6) is 2.29. The van der Waals surface area contributed by atoms with Gasteiger partial charge in [0.25, 0.3) is 0 Å². The summed E-state index contributed by atoms with van der Waals surface area (Å²) in [6.45, 7) is 6.62. The number of nitrogens with one attached hydrogen (secondary N) is 1. The summed E-state index contributed by atoms with van der Waals surface area (Å²) in [6.07, 6.45) is 6.14. The van der Waals surface area contributed by atoms with Crippen molar-refractivity contribution in [1.29, 1.82) is 0 Å². The Hall–Kier alpha value is -1.58. The number of piperidine rings is 2. The van der Waals surface area contributed by atoms with E-state index >= 15 is 0 Å². The zero-order chi connectivity index (χ0) is 19.2. The molecule has 0 aliphatic carbocycles. The number of nitrogens with zero attached hydrogens (tertiary/aromatic N) is 4. The predicted molar refractivity (Wildman–Crippen MR) is 124 cm³/mol. The Balaban J connectivity index is 0.00000280. The number of carbonyl (C=O) groups is 1. The second-order valence-electron chi connectivity index (χ2n) is 7.77. The van der Waals surface area contributed by atoms with Crippen LogP contribution in [0.15, 0.2) is 23.3 Å². The molecular formula is C20H33IN6O. The highest BCUT2D eigenvalue weighted by atomic mass is 127. The first-order valence-corrected chi connectivity index (χ1v) is 10.0. The van der Waals surface area contributed by atoms with Crippen LogP contribution in [-0.4, -0.2) is 55.0 Å². The van der Waals surface area contributed by atoms with Gasteiger partial charge in [0.2, 0.25) is 5.91 Å². The highest BCUT2D eigenvalue weighted by Gasteiger charge is 2.26. The molecule has 0 radical (unpaired) electrons. The molecule has 2 saturated heterocycles. The molecule has 3 N–H and O–H groups in total. The first-order valence-electron chi connectivity index (χ1n) is 10.0. The first kappa shape index (κ1) is 22.7. The van der Waals surface area contributed by atoms with Crippen molar-refractivity contribution in [2.75, 3.05) is 38.1 Å². The van der Waals surface area contributed by atoms with Crippen LogP contribution < -0.4 is 16.0 Å². The Kier molecular flexibility index (Phi) is 8.78. The van der Waals surface area contributed by atoms with Crippen molar-refractivity contribution in [2.45, 2.75) is 39.2 Å². The molecule has 2 aliphatic rings. The number of aliphatic imine (C=N–C) groups is 1. The van der Waals surface area contributed by atoms with Crippen molar-refractivity contribution in [2.24, 2.45) is 22.6 Å². The van der Waals surface area contributed by atoms with E-state index in [1.165, 1.54) is 12.8 Å². The maximum atomic E-state index is 11.6. The lowest BCUT2D eigenvalue weighted by Gasteiger charge is -2.35. The molecule has 2 unspecified atom stereocenters. The number of anilines is 1. The minimum absolute atomic E-state index is 0. The number of carbonyl (C=O) groups excluding carboxylic acids is 1. The van der Waals surface area contributed by atoms with E-state index in [1.807, 2.05) is 19.3 Å². The van der Waals surface area contributed by atoms with Crippen LogP contribution in [0.2, 0.25) is 0 Å². The van der Waals surface area contributed by atoms with E-state index in [-0.39, 0.29) is 35.8 Å². The minimum Gasteiger partial charge on any atom is -0.369 e. The molecule has 156 valence electrons. The van der Waals surface area contributed by atoms with Gasteiger partial charge in [-0.2, -0.15) is 0 Å². The second kappa shape index (κ2) is 10.8. The second-order valence-corrected chi connectivity index (χ2v) is 7.77. The number of primary amides is 1. The topological polar surface area (TPSA) is 86.9 Å². The Morgan fingerprint density at radius 3 is 2.82 bits per heavy atom. The summed E-state index contributed by atoms with van der Waals surface area (Å²) >= 11 is 0. The third-order valence-corrected chi connectivity index (χ3v) is 5.60. The molecule has 2 fully saturated rings. The van der Waals surface area contributed by atoms with Gasteiger partial charge in [0.1, 0.15) is 5.82 Å². The number of guanidine groups is 1. The third-order valence-electron chi connectivity index (χ3n) is 5.60. The van der Waals surface area contributed by atoms with Gasteiger partial charge in [0.15, 0.2) is 5.96 Å². The Morgan fingerprint density at radius 2 is 2.11 bits per heavy atom. The quantitative estimate of drug-likeness (QED) is 0.376. The molecule has 7 nitrogen and oxygen atoms in total. The van der Waals surface area contributed by atoms with Crippen molar-refractivity contribution >= 4 is 41.7 Å². The first-order chi connectivity index (χ1) is 13.1. The zero-order valence-corrected chi connectivity index (χ0v) is 19.3. The molecule has 2 atom stereocenters. The number of amides is 1. The molecule has 1 aromatic rings. The maximum Gasteiger partial charge on any atom is 0.222 e. The van der Waals surface area contributed by atoms with Crippen molar-refractivity contribution in [3.05, 3.63) is 23.9 Å². The minimum atomic E-state index is -0.213. The van der Waals surface area contributed by atoms with Crippen LogP contribution in [-0.2, 0) is 11.3 Å². The fourth-order valence-corrected chi connectivity index (χ4v) is 4.14. The van der Waals surface area contributed by atoms with Crippen LogP contribution in [0.3, 0.4) is 0 Å². The molecule has 0 bridgehead atoms. The van der Waals surface area contributed by atoms with Gasteiger partial charge < -0.3 is 20.9 Å². The van der Waals surface area contributed by atoms with Crippen LogP contribution in [0.5, 0.6) is 0 Å². The lowest BCUT2D eigenvalue weighted by atomic mass is 9.97. The van der Waals surface area contributed by atoms with Gasteiger partial charge in [0.05, 0.1) is 5.92 Å². The lowest BCUT2D eigenvalue weighted by molar-refractivity contribution is -0.122. The summed E-state index contributed by atoms with van der Waals surface area (Å²) in [5.41, 5.74) is 6.66. The van der Waals surface area contributed by atoms with Crippen LogP contribution in [0.25, 0.3) is 0 Å². The van der Waals surface area contributed by atoms with Crippen LogP contribution in [0.4, 0.5) is 5.82 Å². The summed E-state index contributed by atoms with van der Waals surface area (Å²) in [6, 6.07) is 4.05. The number of hydrogen-bond acceptors (Lipinski definition) is 4. The SMILES string of the molecule is CN=C(NCc1cccnc1N1CCCC(C(N)=O)C1)N1CCCC(C)C1.I. The van der Waals surface area contributed by atoms with Gasteiger partial charge in [-0.05, 0) is 37.7 Å². The zero-order valence-electron chi connectivity index (χ0n) is 16.9. The number of rotatable bonds is 4. The van der Waals surface area contributed by atoms with Crippen molar-refractivity contribution in [3.63, 3.8) is 0 Å². The van der Waals surface area contributed by atoms with Gasteiger partial charge in [0, 0.05) is 51.5 Å². The molecule has 8 heteroatoms. The van der Waals surface area contributed by atoms with E-state index in [0.717, 1.165) is 49.8 Å². The fourth-order valence-electron chi connectivity index (χ4n) is 4.14. The largest absolute Gasteiger partial charge is 0.369 e. The summed E-state index contributed by atoms with van der Waals surface area (Å²) in [7, 11) is 1.84. The third kappa shape index (κ3) is 5.71. The Labute approximate surface area is 185 Å². The van der Waals surface area contributed by atoms with Gasteiger partial charge >= 0.3 is 0 Å². The van der Waals surface area contributed by atoms with E-state index in [2.05, 4.69) is 38.1 Å². The number of nitrogens with two attached hydrogens (primary N) is 1. The van der Waals surface area contributed by atoms with Gasteiger partial charge in [-0.3, -0.25) is 9.79 Å². The van der Waals surface area contributed by atoms with E-state index in [4.69, 9.17) is 5.73 Å². The maximum absolute atomic E-state index is 11.6. The van der Waals surface area contributed by atoms with Gasteiger partial charge in [-0.1, -0.05) is 13.0 Å². The van der Waals surface area contributed by atoms with Crippen LogP contribution in [0.1, 0.15) is 38.2 Å². The molecule has 1 aromatic heterocycles. The molecular weight excluding hydrogens is 467 g/mol. The molecule has 1 amide bonds. The predicted octanol–water partition coefficient (Wildman–Crippen LogP) is 2.21. The van der Waals surface area contributed by atoms with E-state index in [9.17, 15) is 4.79 Å². The summed E-state index contributed by atoms with van der Waals surface area (Å²) < 4.78 is 0. The normalized spacial score (nSPS) is 23.1. The number of aromatic nitrogens is 1. The Bertz CT molecular complexity index is 682. The van der Waals surface area contributed by atoms with Crippen LogP contribution >= 0.6 is 24.0 Å². The molecule has 2 aliphatic heterocycles. The molecule has 3 rings (SSSR count). The van der Waals surface area contributed by atoms with Crippen molar-refractivity contribution in [3.8, 4) is 0 Å². The monoisotopic (exact) mass is 500 g/mol. The van der Waals surface area contributed by atoms with E-state index < -0.39 is 0 Å². The fraction of sp³-hybridized carbons (Fsp3) is 0.650. The average Bonchev–Trinajstić information content (AvgIpc) is 2.69. The van der Waals surface area contributed by atoms with Gasteiger partial charge in [-0.15, -0.1) is 24.0 Å². The number of hydrogen-bond donors (Lipinski definition) is 2. The van der Waals surface area contributed by atoms with E-state index in [0.29, 0.717) is 19.0 Å². The van der Waals surface area contributed by atoms with Crippen molar-refractivity contribution in [1.82, 2.24) is 15.2 Å². The smallest absolute Gasteiger partial charge is 0.222 e. The summed E-state index contributed by atoms with van der Waals surface area (Å²) in [5, 5.41) is 3.51. The molecule has 0 aromatic carbocycles. The highest BCUT2D eigenvalue weighted by Crippen LogP contribution is 2.24. The van der Waals surface area contributed by atoms with Crippen LogP contribution in [0, 0.1) is 11.8 Å². The van der Waals surface area contributed by atoms with Crippen molar-refractivity contribution < 1.29 is 4.79 Å². The number of likely N-dealkylation sites (tertiary alicyclic amines) is 1. The molecule has 28 heavy (non-hydrogen) atoms. The average molecular weight is 500 g/mol. The summed E-state index contributed by atoms with van der Waals surface area (Å²) in [4.78, 5) is 25.2. The molecule has 0 spiro atoms. The number of pyridine rings is 1. The highest BCUT2D eigenvalue weighted by molar-refractivity contribution is 14.0. The molecule has 0 saturated carbocycles. The van der Waals surface area contributed by atoms with Gasteiger partial charge in [-0.25, -0.2) is 4.98 Å². The molecule has 3 heterocycles. The lowest BCUT2D eigenvalue weighted by Crippen LogP contribution is -2.46. The van der Waals surface area contributed by atoms with E-state index in [1.54, 1.807) is 0 Å².